The Hall–Kier alpha value is -1.42. The van der Waals surface area contributed by atoms with Gasteiger partial charge in [0.15, 0.2) is 0 Å². The molecule has 0 aromatic rings. The van der Waals surface area contributed by atoms with Crippen LogP contribution >= 0.6 is 0 Å². The summed E-state index contributed by atoms with van der Waals surface area (Å²) in [6.45, 7) is 0. The number of rotatable bonds is 2. The highest BCUT2D eigenvalue weighted by molar-refractivity contribution is 6.37. The first-order chi connectivity index (χ1) is 6.09. The number of carboxylic acids is 1. The number of aliphatic hydroxyl groups is 1. The smallest absolute Gasteiger partial charge is 0.376 e. The van der Waals surface area contributed by atoms with E-state index in [1.807, 2.05) is 0 Å². The van der Waals surface area contributed by atoms with Crippen LogP contribution in [0.1, 0.15) is 12.8 Å². The summed E-state index contributed by atoms with van der Waals surface area (Å²) in [7, 11) is 0. The molecule has 0 heterocycles. The van der Waals surface area contributed by atoms with Crippen LogP contribution in [0.15, 0.2) is 23.8 Å². The number of aliphatic hydroxyl groups excluding tert-OH is 1. The predicted octanol–water partition coefficient (Wildman–Crippen LogP) is 0.277. The van der Waals surface area contributed by atoms with Crippen molar-refractivity contribution in [2.45, 2.75) is 18.9 Å². The standard InChI is InChI=1S/C9H10O4/c10-7-3-1-6(2-4-7)5-8(11)9(12)13/h1,3,5,7,10H,2,4H2,(H,12,13)/b6-5-. The Morgan fingerprint density at radius 3 is 2.69 bits per heavy atom. The Morgan fingerprint density at radius 1 is 1.54 bits per heavy atom. The summed E-state index contributed by atoms with van der Waals surface area (Å²) < 4.78 is 0. The molecule has 70 valence electrons. The SMILES string of the molecule is O=C(O)C(=O)/C=C1/C=CC(O)CC1. The lowest BCUT2D eigenvalue weighted by Crippen LogP contribution is -2.12. The van der Waals surface area contributed by atoms with E-state index in [1.165, 1.54) is 0 Å². The van der Waals surface area contributed by atoms with Gasteiger partial charge in [-0.3, -0.25) is 4.79 Å². The number of carbonyl (C=O) groups is 2. The molecule has 0 bridgehead atoms. The second kappa shape index (κ2) is 4.00. The third-order valence-electron chi connectivity index (χ3n) is 1.79. The van der Waals surface area contributed by atoms with Crippen molar-refractivity contribution in [3.8, 4) is 0 Å². The van der Waals surface area contributed by atoms with Crippen molar-refractivity contribution in [3.63, 3.8) is 0 Å². The van der Waals surface area contributed by atoms with Gasteiger partial charge in [-0.05, 0) is 24.5 Å². The number of carbonyl (C=O) groups excluding carboxylic acids is 1. The van der Waals surface area contributed by atoms with Crippen LogP contribution in [0.4, 0.5) is 0 Å². The Labute approximate surface area is 75.2 Å². The first-order valence-electron chi connectivity index (χ1n) is 3.93. The summed E-state index contributed by atoms with van der Waals surface area (Å²) in [4.78, 5) is 20.9. The van der Waals surface area contributed by atoms with E-state index in [1.54, 1.807) is 12.2 Å². The van der Waals surface area contributed by atoms with E-state index in [9.17, 15) is 9.59 Å². The molecule has 4 heteroatoms. The summed E-state index contributed by atoms with van der Waals surface area (Å²) >= 11 is 0. The van der Waals surface area contributed by atoms with Crippen LogP contribution in [0.25, 0.3) is 0 Å². The number of ketones is 1. The molecule has 0 saturated heterocycles. The molecule has 1 aliphatic carbocycles. The largest absolute Gasteiger partial charge is 0.475 e. The lowest BCUT2D eigenvalue weighted by Gasteiger charge is -2.11. The monoisotopic (exact) mass is 182 g/mol. The predicted molar refractivity (Wildman–Crippen MR) is 45.1 cm³/mol. The average molecular weight is 182 g/mol. The normalized spacial score (nSPS) is 24.7. The summed E-state index contributed by atoms with van der Waals surface area (Å²) in [6.07, 6.45) is 4.81. The molecule has 1 atom stereocenters. The van der Waals surface area contributed by atoms with Crippen molar-refractivity contribution in [3.05, 3.63) is 23.8 Å². The molecule has 0 fully saturated rings. The Bertz CT molecular complexity index is 288. The van der Waals surface area contributed by atoms with Gasteiger partial charge in [-0.1, -0.05) is 12.2 Å². The number of allylic oxidation sites excluding steroid dienone is 2. The first kappa shape index (κ1) is 9.67. The van der Waals surface area contributed by atoms with E-state index in [-0.39, 0.29) is 0 Å². The van der Waals surface area contributed by atoms with Crippen molar-refractivity contribution in [2.24, 2.45) is 0 Å². The molecule has 2 N–H and O–H groups in total. The third-order valence-corrected chi connectivity index (χ3v) is 1.79. The zero-order chi connectivity index (χ0) is 9.84. The lowest BCUT2D eigenvalue weighted by atomic mass is 9.99. The van der Waals surface area contributed by atoms with E-state index in [2.05, 4.69) is 0 Å². The highest BCUT2D eigenvalue weighted by Gasteiger charge is 2.12. The van der Waals surface area contributed by atoms with Gasteiger partial charge in [0.05, 0.1) is 6.10 Å². The van der Waals surface area contributed by atoms with Crippen LogP contribution in [-0.2, 0) is 9.59 Å². The number of carboxylic acid groups (broad SMARTS) is 1. The first-order valence-corrected chi connectivity index (χ1v) is 3.93. The number of hydrogen-bond donors (Lipinski definition) is 2. The molecule has 0 aromatic heterocycles. The van der Waals surface area contributed by atoms with Crippen LogP contribution in [0, 0.1) is 0 Å². The van der Waals surface area contributed by atoms with Crippen molar-refractivity contribution in [1.29, 1.82) is 0 Å². The second-order valence-corrected chi connectivity index (χ2v) is 2.85. The van der Waals surface area contributed by atoms with E-state index in [0.717, 1.165) is 6.08 Å². The van der Waals surface area contributed by atoms with Crippen LogP contribution in [0.2, 0.25) is 0 Å². The molecule has 0 saturated carbocycles. The summed E-state index contributed by atoms with van der Waals surface area (Å²) in [5.74, 6) is -2.37. The molecule has 1 rings (SSSR count). The van der Waals surface area contributed by atoms with Gasteiger partial charge in [-0.15, -0.1) is 0 Å². The maximum Gasteiger partial charge on any atom is 0.376 e. The number of aliphatic carboxylic acids is 1. The lowest BCUT2D eigenvalue weighted by molar-refractivity contribution is -0.146. The summed E-state index contributed by atoms with van der Waals surface area (Å²) in [5, 5.41) is 17.4. The Balaban J connectivity index is 2.68. The molecule has 0 amide bonds. The minimum atomic E-state index is -1.45. The molecule has 0 radical (unpaired) electrons. The van der Waals surface area contributed by atoms with Crippen molar-refractivity contribution >= 4 is 11.8 Å². The van der Waals surface area contributed by atoms with Gasteiger partial charge in [0.1, 0.15) is 0 Å². The molecular formula is C9H10O4. The van der Waals surface area contributed by atoms with Crippen LogP contribution < -0.4 is 0 Å². The molecule has 4 nitrogen and oxygen atoms in total. The van der Waals surface area contributed by atoms with Crippen LogP contribution in [0.3, 0.4) is 0 Å². The van der Waals surface area contributed by atoms with Crippen LogP contribution in [-0.4, -0.2) is 28.1 Å². The zero-order valence-corrected chi connectivity index (χ0v) is 6.93. The van der Waals surface area contributed by atoms with Gasteiger partial charge in [-0.25, -0.2) is 4.79 Å². The Morgan fingerprint density at radius 2 is 2.23 bits per heavy atom. The molecular weight excluding hydrogens is 172 g/mol. The highest BCUT2D eigenvalue weighted by atomic mass is 16.4. The fourth-order valence-electron chi connectivity index (χ4n) is 1.08. The molecule has 0 aliphatic heterocycles. The quantitative estimate of drug-likeness (QED) is 0.475. The van der Waals surface area contributed by atoms with E-state index < -0.39 is 17.9 Å². The zero-order valence-electron chi connectivity index (χ0n) is 6.93. The average Bonchev–Trinajstić information content (AvgIpc) is 2.08. The van der Waals surface area contributed by atoms with Gasteiger partial charge in [0.25, 0.3) is 5.78 Å². The van der Waals surface area contributed by atoms with Gasteiger partial charge in [-0.2, -0.15) is 0 Å². The van der Waals surface area contributed by atoms with Gasteiger partial charge < -0.3 is 10.2 Å². The highest BCUT2D eigenvalue weighted by Crippen LogP contribution is 2.16. The minimum absolute atomic E-state index is 0.475. The second-order valence-electron chi connectivity index (χ2n) is 2.85. The van der Waals surface area contributed by atoms with Crippen LogP contribution in [0.5, 0.6) is 0 Å². The fraction of sp³-hybridized carbons (Fsp3) is 0.333. The number of hydrogen-bond acceptors (Lipinski definition) is 3. The van der Waals surface area contributed by atoms with Crippen molar-refractivity contribution in [1.82, 2.24) is 0 Å². The summed E-state index contributed by atoms with van der Waals surface area (Å²) in [6, 6.07) is 0. The Kier molecular flexibility index (Phi) is 2.97. The molecule has 1 aliphatic rings. The molecule has 0 spiro atoms. The van der Waals surface area contributed by atoms with E-state index in [4.69, 9.17) is 10.2 Å². The van der Waals surface area contributed by atoms with Gasteiger partial charge in [0, 0.05) is 0 Å². The molecule has 0 aromatic carbocycles. The van der Waals surface area contributed by atoms with Crippen molar-refractivity contribution in [2.75, 3.05) is 0 Å². The maximum absolute atomic E-state index is 10.7. The van der Waals surface area contributed by atoms with Gasteiger partial charge in [0.2, 0.25) is 0 Å². The van der Waals surface area contributed by atoms with E-state index >= 15 is 0 Å². The van der Waals surface area contributed by atoms with E-state index in [0.29, 0.717) is 18.4 Å². The third kappa shape index (κ3) is 2.83. The maximum atomic E-state index is 10.7. The molecule has 1 unspecified atom stereocenters. The van der Waals surface area contributed by atoms with Gasteiger partial charge >= 0.3 is 5.97 Å². The van der Waals surface area contributed by atoms with Crippen molar-refractivity contribution < 1.29 is 19.8 Å². The topological polar surface area (TPSA) is 74.6 Å². The fourth-order valence-corrected chi connectivity index (χ4v) is 1.08. The molecule has 13 heavy (non-hydrogen) atoms. The minimum Gasteiger partial charge on any atom is -0.475 e. The summed E-state index contributed by atoms with van der Waals surface area (Å²) in [5.41, 5.74) is 0.651.